The average Bonchev–Trinajstić information content (AvgIpc) is 2.52. The van der Waals surface area contributed by atoms with E-state index >= 15 is 0 Å². The van der Waals surface area contributed by atoms with Gasteiger partial charge in [-0.1, -0.05) is 103 Å². The Balaban J connectivity index is 2.12. The molecule has 0 fully saturated rings. The number of hydrogen-bond donors (Lipinski definition) is 0. The van der Waals surface area contributed by atoms with Gasteiger partial charge in [0.15, 0.2) is 0 Å². The Hall–Kier alpha value is -2.60. The minimum absolute atomic E-state index is 1.06. The Labute approximate surface area is 127 Å². The minimum Gasteiger partial charge on any atom is -0.0955 e. The molecule has 0 radical (unpaired) electrons. The summed E-state index contributed by atoms with van der Waals surface area (Å²) < 4.78 is 0. The molecule has 0 aliphatic carbocycles. The fraction of sp³-hybridized carbons (Fsp3) is 0.0476. The minimum atomic E-state index is 1.06. The van der Waals surface area contributed by atoms with Gasteiger partial charge in [0.05, 0.1) is 0 Å². The lowest BCUT2D eigenvalue weighted by atomic mass is 10.1. The Kier molecular flexibility index (Phi) is 5.54. The second kappa shape index (κ2) is 7.86. The Morgan fingerprint density at radius 3 is 1.86 bits per heavy atom. The molecule has 0 aliphatic rings. The predicted molar refractivity (Wildman–Crippen MR) is 93.8 cm³/mol. The standard InChI is InChI=1S/C21H20/c1-18(2)21(17-16-20-12-7-4-8-13-20)15-9-14-19-10-5-3-6-11-19/h3-17H,1H2,2H3/b14-9+,17-16+,21-15-. The third kappa shape index (κ3) is 5.12. The van der Waals surface area contributed by atoms with Crippen LogP contribution >= 0.6 is 0 Å². The zero-order chi connectivity index (χ0) is 14.9. The molecule has 0 spiro atoms. The molecular formula is C21H20. The third-order valence-corrected chi connectivity index (χ3v) is 3.11. The lowest BCUT2D eigenvalue weighted by Crippen LogP contribution is -1.79. The molecule has 0 saturated carbocycles. The first-order chi connectivity index (χ1) is 10.3. The first kappa shape index (κ1) is 14.8. The van der Waals surface area contributed by atoms with E-state index in [2.05, 4.69) is 61.2 Å². The van der Waals surface area contributed by atoms with Gasteiger partial charge in [0, 0.05) is 0 Å². The van der Waals surface area contributed by atoms with Gasteiger partial charge in [-0.15, -0.1) is 0 Å². The molecule has 0 unspecified atom stereocenters. The molecule has 0 heteroatoms. The first-order valence-corrected chi connectivity index (χ1v) is 7.08. The molecule has 0 aromatic heterocycles. The van der Waals surface area contributed by atoms with Crippen LogP contribution in [0.4, 0.5) is 0 Å². The second-order valence-corrected chi connectivity index (χ2v) is 4.92. The monoisotopic (exact) mass is 272 g/mol. The van der Waals surface area contributed by atoms with E-state index in [4.69, 9.17) is 0 Å². The number of rotatable bonds is 5. The molecule has 0 bridgehead atoms. The summed E-state index contributed by atoms with van der Waals surface area (Å²) in [6.07, 6.45) is 10.5. The zero-order valence-corrected chi connectivity index (χ0v) is 12.4. The smallest absolute Gasteiger partial charge is 0.0233 e. The van der Waals surface area contributed by atoms with Crippen LogP contribution in [0.25, 0.3) is 12.2 Å². The second-order valence-electron chi connectivity index (χ2n) is 4.92. The summed E-state index contributed by atoms with van der Waals surface area (Å²) >= 11 is 0. The molecule has 0 saturated heterocycles. The van der Waals surface area contributed by atoms with Crippen LogP contribution in [0.3, 0.4) is 0 Å². The van der Waals surface area contributed by atoms with Crippen molar-refractivity contribution in [3.63, 3.8) is 0 Å². The van der Waals surface area contributed by atoms with Crippen LogP contribution in [0.5, 0.6) is 0 Å². The highest BCUT2D eigenvalue weighted by Gasteiger charge is 1.92. The van der Waals surface area contributed by atoms with Gasteiger partial charge in [-0.3, -0.25) is 0 Å². The lowest BCUT2D eigenvalue weighted by Gasteiger charge is -1.99. The van der Waals surface area contributed by atoms with Crippen molar-refractivity contribution in [3.8, 4) is 0 Å². The van der Waals surface area contributed by atoms with Crippen molar-refractivity contribution in [2.45, 2.75) is 6.92 Å². The van der Waals surface area contributed by atoms with Gasteiger partial charge in [-0.25, -0.2) is 0 Å². The van der Waals surface area contributed by atoms with E-state index in [0.717, 1.165) is 11.1 Å². The van der Waals surface area contributed by atoms with Crippen molar-refractivity contribution in [2.75, 3.05) is 0 Å². The van der Waals surface area contributed by atoms with Crippen molar-refractivity contribution >= 4 is 12.2 Å². The van der Waals surface area contributed by atoms with E-state index in [9.17, 15) is 0 Å². The normalized spacial score (nSPS) is 12.1. The highest BCUT2D eigenvalue weighted by atomic mass is 14.0. The molecule has 0 aliphatic heterocycles. The zero-order valence-electron chi connectivity index (χ0n) is 12.4. The van der Waals surface area contributed by atoms with Crippen LogP contribution in [0.1, 0.15) is 18.1 Å². The van der Waals surface area contributed by atoms with Crippen molar-refractivity contribution in [3.05, 3.63) is 108 Å². The molecule has 2 aromatic carbocycles. The molecule has 0 amide bonds. The van der Waals surface area contributed by atoms with E-state index in [0.29, 0.717) is 0 Å². The summed E-state index contributed by atoms with van der Waals surface area (Å²) in [7, 11) is 0. The summed E-state index contributed by atoms with van der Waals surface area (Å²) in [5.74, 6) is 0. The van der Waals surface area contributed by atoms with Crippen LogP contribution < -0.4 is 0 Å². The molecule has 21 heavy (non-hydrogen) atoms. The quantitative estimate of drug-likeness (QED) is 0.593. The molecule has 0 atom stereocenters. The Morgan fingerprint density at radius 1 is 0.810 bits per heavy atom. The number of hydrogen-bond acceptors (Lipinski definition) is 0. The molecule has 0 heterocycles. The van der Waals surface area contributed by atoms with Gasteiger partial charge in [0.1, 0.15) is 0 Å². The van der Waals surface area contributed by atoms with E-state index in [1.165, 1.54) is 11.1 Å². The maximum absolute atomic E-state index is 4.04. The van der Waals surface area contributed by atoms with Gasteiger partial charge in [-0.05, 0) is 23.6 Å². The van der Waals surface area contributed by atoms with E-state index in [1.807, 2.05) is 43.3 Å². The summed E-state index contributed by atoms with van der Waals surface area (Å²) in [6.45, 7) is 6.07. The van der Waals surface area contributed by atoms with Crippen molar-refractivity contribution in [1.29, 1.82) is 0 Å². The topological polar surface area (TPSA) is 0 Å². The molecule has 2 rings (SSSR count). The number of allylic oxidation sites excluding steroid dienone is 5. The summed E-state index contributed by atoms with van der Waals surface area (Å²) in [4.78, 5) is 0. The summed E-state index contributed by atoms with van der Waals surface area (Å²) in [5, 5.41) is 0. The van der Waals surface area contributed by atoms with E-state index < -0.39 is 0 Å². The molecule has 2 aromatic rings. The maximum atomic E-state index is 4.04. The van der Waals surface area contributed by atoms with Gasteiger partial charge in [0.25, 0.3) is 0 Å². The highest BCUT2D eigenvalue weighted by molar-refractivity contribution is 5.58. The molecule has 0 N–H and O–H groups in total. The third-order valence-electron chi connectivity index (χ3n) is 3.11. The summed E-state index contributed by atoms with van der Waals surface area (Å²) in [6, 6.07) is 20.6. The van der Waals surface area contributed by atoms with E-state index in [-0.39, 0.29) is 0 Å². The highest BCUT2D eigenvalue weighted by Crippen LogP contribution is 2.12. The fourth-order valence-electron chi connectivity index (χ4n) is 1.92. The van der Waals surface area contributed by atoms with E-state index in [1.54, 1.807) is 0 Å². The van der Waals surface area contributed by atoms with Crippen LogP contribution in [0.15, 0.2) is 96.6 Å². The molecule has 104 valence electrons. The first-order valence-electron chi connectivity index (χ1n) is 7.08. The average molecular weight is 272 g/mol. The molecule has 0 nitrogen and oxygen atoms in total. The Morgan fingerprint density at radius 2 is 1.33 bits per heavy atom. The van der Waals surface area contributed by atoms with Crippen LogP contribution in [-0.4, -0.2) is 0 Å². The van der Waals surface area contributed by atoms with Crippen molar-refractivity contribution in [1.82, 2.24) is 0 Å². The largest absolute Gasteiger partial charge is 0.0955 e. The van der Waals surface area contributed by atoms with Gasteiger partial charge >= 0.3 is 0 Å². The predicted octanol–water partition coefficient (Wildman–Crippen LogP) is 5.92. The fourth-order valence-corrected chi connectivity index (χ4v) is 1.92. The van der Waals surface area contributed by atoms with Gasteiger partial charge in [-0.2, -0.15) is 0 Å². The van der Waals surface area contributed by atoms with Crippen molar-refractivity contribution in [2.24, 2.45) is 0 Å². The van der Waals surface area contributed by atoms with Crippen LogP contribution in [-0.2, 0) is 0 Å². The lowest BCUT2D eigenvalue weighted by molar-refractivity contribution is 1.46. The molecular weight excluding hydrogens is 252 g/mol. The van der Waals surface area contributed by atoms with Crippen LogP contribution in [0.2, 0.25) is 0 Å². The van der Waals surface area contributed by atoms with Crippen molar-refractivity contribution < 1.29 is 0 Å². The maximum Gasteiger partial charge on any atom is -0.0233 e. The van der Waals surface area contributed by atoms with Gasteiger partial charge < -0.3 is 0 Å². The SMILES string of the molecule is C=C(C)C(=C\C=C\c1ccccc1)/C=C/c1ccccc1. The number of benzene rings is 2. The van der Waals surface area contributed by atoms with Crippen LogP contribution in [0, 0.1) is 0 Å². The summed E-state index contributed by atoms with van der Waals surface area (Å²) in [5.41, 5.74) is 4.57. The Bertz CT molecular complexity index is 656. The van der Waals surface area contributed by atoms with Gasteiger partial charge in [0.2, 0.25) is 0 Å².